The molecule has 0 saturated carbocycles. The Kier molecular flexibility index (Phi) is 8.36. The molecule has 3 heterocycles. The van der Waals surface area contributed by atoms with E-state index < -0.39 is 0 Å². The molecule has 0 spiro atoms. The molecular weight excluding hydrogens is 461 g/mol. The highest BCUT2D eigenvalue weighted by Gasteiger charge is 2.16. The number of nitrogens with zero attached hydrogens (tertiary/aromatic N) is 3. The van der Waals surface area contributed by atoms with E-state index in [1.54, 1.807) is 11.9 Å². The van der Waals surface area contributed by atoms with E-state index in [0.717, 1.165) is 43.6 Å². The van der Waals surface area contributed by atoms with Gasteiger partial charge in [0.05, 0.1) is 12.2 Å². The summed E-state index contributed by atoms with van der Waals surface area (Å²) in [6.45, 7) is 8.87. The van der Waals surface area contributed by atoms with E-state index in [2.05, 4.69) is 51.0 Å². The molecular formula is C18H28IN5OS. The Morgan fingerprint density at radius 3 is 3.00 bits per heavy atom. The Labute approximate surface area is 176 Å². The monoisotopic (exact) mass is 489 g/mol. The smallest absolute Gasteiger partial charge is 0.191 e. The van der Waals surface area contributed by atoms with Crippen molar-refractivity contribution < 1.29 is 4.52 Å². The van der Waals surface area contributed by atoms with Crippen LogP contribution in [0.5, 0.6) is 0 Å². The SMILES string of the molecule is CN=C(NCCN1CCc2sccc2C1)NCc1cc(C(C)C)no1.I. The molecule has 0 atom stereocenters. The van der Waals surface area contributed by atoms with Crippen LogP contribution in [0, 0.1) is 0 Å². The Hall–Kier alpha value is -1.13. The van der Waals surface area contributed by atoms with E-state index >= 15 is 0 Å². The van der Waals surface area contributed by atoms with Gasteiger partial charge in [0.1, 0.15) is 0 Å². The van der Waals surface area contributed by atoms with Crippen LogP contribution in [0.2, 0.25) is 0 Å². The molecule has 0 bridgehead atoms. The largest absolute Gasteiger partial charge is 0.359 e. The van der Waals surface area contributed by atoms with Gasteiger partial charge in [-0.25, -0.2) is 0 Å². The van der Waals surface area contributed by atoms with Crippen LogP contribution >= 0.6 is 35.3 Å². The predicted molar refractivity (Wildman–Crippen MR) is 118 cm³/mol. The number of hydrogen-bond acceptors (Lipinski definition) is 5. The first-order valence-electron chi connectivity index (χ1n) is 8.83. The molecule has 144 valence electrons. The summed E-state index contributed by atoms with van der Waals surface area (Å²) >= 11 is 1.88. The van der Waals surface area contributed by atoms with Crippen LogP contribution in [0.3, 0.4) is 0 Å². The second-order valence-corrected chi connectivity index (χ2v) is 7.62. The Morgan fingerprint density at radius 2 is 2.27 bits per heavy atom. The summed E-state index contributed by atoms with van der Waals surface area (Å²) in [5.41, 5.74) is 2.47. The summed E-state index contributed by atoms with van der Waals surface area (Å²) in [6, 6.07) is 4.25. The van der Waals surface area contributed by atoms with Crippen LogP contribution in [-0.2, 0) is 19.5 Å². The Bertz CT molecular complexity index is 712. The summed E-state index contributed by atoms with van der Waals surface area (Å²) in [4.78, 5) is 8.31. The van der Waals surface area contributed by atoms with E-state index in [4.69, 9.17) is 4.52 Å². The van der Waals surface area contributed by atoms with Gasteiger partial charge >= 0.3 is 0 Å². The van der Waals surface area contributed by atoms with Crippen molar-refractivity contribution in [2.75, 3.05) is 26.7 Å². The van der Waals surface area contributed by atoms with Gasteiger partial charge in [-0.1, -0.05) is 19.0 Å². The number of aromatic nitrogens is 1. The van der Waals surface area contributed by atoms with Crippen LogP contribution in [0.15, 0.2) is 27.0 Å². The van der Waals surface area contributed by atoms with Crippen molar-refractivity contribution in [3.05, 3.63) is 39.4 Å². The molecule has 0 amide bonds. The zero-order valence-corrected chi connectivity index (χ0v) is 18.8. The van der Waals surface area contributed by atoms with Crippen LogP contribution in [0.25, 0.3) is 0 Å². The van der Waals surface area contributed by atoms with Crippen LogP contribution in [0.4, 0.5) is 0 Å². The Morgan fingerprint density at radius 1 is 1.42 bits per heavy atom. The average Bonchev–Trinajstić information content (AvgIpc) is 3.26. The molecule has 0 radical (unpaired) electrons. The second-order valence-electron chi connectivity index (χ2n) is 6.62. The molecule has 26 heavy (non-hydrogen) atoms. The van der Waals surface area contributed by atoms with Crippen LogP contribution in [0.1, 0.15) is 41.7 Å². The molecule has 1 aliphatic heterocycles. The summed E-state index contributed by atoms with van der Waals surface area (Å²) in [6.07, 6.45) is 1.17. The minimum Gasteiger partial charge on any atom is -0.359 e. The Balaban J connectivity index is 0.00000243. The van der Waals surface area contributed by atoms with Crippen molar-refractivity contribution in [1.82, 2.24) is 20.7 Å². The van der Waals surface area contributed by atoms with Crippen molar-refractivity contribution in [3.63, 3.8) is 0 Å². The normalized spacial score (nSPS) is 14.8. The predicted octanol–water partition coefficient (Wildman–Crippen LogP) is 3.20. The fraction of sp³-hybridized carbons (Fsp3) is 0.556. The first-order chi connectivity index (χ1) is 12.2. The fourth-order valence-electron chi connectivity index (χ4n) is 2.91. The molecule has 2 aromatic rings. The van der Waals surface area contributed by atoms with Crippen molar-refractivity contribution in [2.24, 2.45) is 4.99 Å². The molecule has 6 nitrogen and oxygen atoms in total. The molecule has 8 heteroatoms. The molecule has 1 aliphatic rings. The third-order valence-electron chi connectivity index (χ3n) is 4.43. The lowest BCUT2D eigenvalue weighted by Gasteiger charge is -2.27. The summed E-state index contributed by atoms with van der Waals surface area (Å²) < 4.78 is 5.34. The van der Waals surface area contributed by atoms with Gasteiger partial charge in [0.2, 0.25) is 0 Å². The quantitative estimate of drug-likeness (QED) is 0.371. The highest BCUT2D eigenvalue weighted by molar-refractivity contribution is 14.0. The summed E-state index contributed by atoms with van der Waals surface area (Å²) in [7, 11) is 1.79. The third-order valence-corrected chi connectivity index (χ3v) is 5.45. The average molecular weight is 489 g/mol. The summed E-state index contributed by atoms with van der Waals surface area (Å²) in [5.74, 6) is 1.99. The van der Waals surface area contributed by atoms with Gasteiger partial charge in [-0.15, -0.1) is 35.3 Å². The molecule has 0 fully saturated rings. The molecule has 0 aliphatic carbocycles. The number of thiophene rings is 1. The number of rotatable bonds is 6. The van der Waals surface area contributed by atoms with Gasteiger partial charge in [-0.05, 0) is 29.3 Å². The van der Waals surface area contributed by atoms with E-state index in [0.29, 0.717) is 12.5 Å². The zero-order chi connectivity index (χ0) is 17.6. The van der Waals surface area contributed by atoms with Crippen LogP contribution < -0.4 is 10.6 Å². The topological polar surface area (TPSA) is 65.7 Å². The maximum absolute atomic E-state index is 5.34. The van der Waals surface area contributed by atoms with Crippen molar-refractivity contribution in [2.45, 2.75) is 39.3 Å². The fourth-order valence-corrected chi connectivity index (χ4v) is 3.80. The maximum Gasteiger partial charge on any atom is 0.191 e. The van der Waals surface area contributed by atoms with E-state index in [1.807, 2.05) is 17.4 Å². The molecule has 0 aromatic carbocycles. The lowest BCUT2D eigenvalue weighted by atomic mass is 10.1. The number of fused-ring (bicyclic) bond motifs is 1. The van der Waals surface area contributed by atoms with E-state index in [1.165, 1.54) is 12.0 Å². The molecule has 2 N–H and O–H groups in total. The minimum atomic E-state index is 0. The lowest BCUT2D eigenvalue weighted by Crippen LogP contribution is -2.42. The van der Waals surface area contributed by atoms with Crippen molar-refractivity contribution >= 4 is 41.3 Å². The first-order valence-corrected chi connectivity index (χ1v) is 9.71. The number of guanidine groups is 1. The number of hydrogen-bond donors (Lipinski definition) is 2. The maximum atomic E-state index is 5.34. The molecule has 2 aromatic heterocycles. The number of nitrogens with one attached hydrogen (secondary N) is 2. The van der Waals surface area contributed by atoms with E-state index in [-0.39, 0.29) is 24.0 Å². The van der Waals surface area contributed by atoms with Crippen molar-refractivity contribution in [3.8, 4) is 0 Å². The standard InChI is InChI=1S/C18H27N5OS.HI/c1-13(2)16-10-15(24-22-16)11-21-18(19-3)20-6-8-23-7-4-17-14(12-23)5-9-25-17;/h5,9-10,13H,4,6-8,11-12H2,1-3H3,(H2,19,20,21);1H. The minimum absolute atomic E-state index is 0. The third kappa shape index (κ3) is 5.68. The second kappa shape index (κ2) is 10.3. The number of aliphatic imine (C=N–C) groups is 1. The van der Waals surface area contributed by atoms with Crippen molar-refractivity contribution in [1.29, 1.82) is 0 Å². The first kappa shape index (κ1) is 21.2. The van der Waals surface area contributed by atoms with E-state index in [9.17, 15) is 0 Å². The van der Waals surface area contributed by atoms with Gasteiger partial charge in [-0.2, -0.15) is 0 Å². The van der Waals surface area contributed by atoms with Gasteiger partial charge in [0.15, 0.2) is 11.7 Å². The molecule has 0 saturated heterocycles. The molecule has 0 unspecified atom stereocenters. The lowest BCUT2D eigenvalue weighted by molar-refractivity contribution is 0.260. The van der Waals surface area contributed by atoms with Gasteiger partial charge in [-0.3, -0.25) is 9.89 Å². The zero-order valence-electron chi connectivity index (χ0n) is 15.6. The van der Waals surface area contributed by atoms with Gasteiger partial charge in [0, 0.05) is 44.2 Å². The summed E-state index contributed by atoms with van der Waals surface area (Å²) in [5, 5.41) is 12.9. The van der Waals surface area contributed by atoms with Gasteiger partial charge < -0.3 is 15.2 Å². The molecule has 3 rings (SSSR count). The number of halogens is 1. The highest BCUT2D eigenvalue weighted by atomic mass is 127. The van der Waals surface area contributed by atoms with Gasteiger partial charge in [0.25, 0.3) is 0 Å². The highest BCUT2D eigenvalue weighted by Crippen LogP contribution is 2.23. The van der Waals surface area contributed by atoms with Crippen LogP contribution in [-0.4, -0.2) is 42.7 Å².